The summed E-state index contributed by atoms with van der Waals surface area (Å²) in [6.45, 7) is 1.04. The number of nitriles is 1. The number of carbonyl (C=O) groups is 1. The molecule has 0 saturated heterocycles. The fourth-order valence-electron chi connectivity index (χ4n) is 4.08. The number of pyridine rings is 1. The van der Waals surface area contributed by atoms with Crippen LogP contribution in [0.25, 0.3) is 22.4 Å². The number of hydrogen-bond acceptors (Lipinski definition) is 5. The highest BCUT2D eigenvalue weighted by molar-refractivity contribution is 6.30. The highest BCUT2D eigenvalue weighted by Gasteiger charge is 2.36. The predicted octanol–water partition coefficient (Wildman–Crippen LogP) is 3.54. The molecule has 1 aliphatic carbocycles. The number of nitrogens with zero attached hydrogens (tertiary/aromatic N) is 4. The largest absolute Gasteiger partial charge is 0.383 e. The Morgan fingerprint density at radius 2 is 2.07 bits per heavy atom. The molecule has 1 aliphatic heterocycles. The van der Waals surface area contributed by atoms with Crippen LogP contribution in [-0.4, -0.2) is 32.5 Å². The van der Waals surface area contributed by atoms with E-state index in [1.54, 1.807) is 18.3 Å². The minimum absolute atomic E-state index is 0.144. The Morgan fingerprint density at radius 1 is 1.30 bits per heavy atom. The minimum atomic E-state index is 0.144. The molecule has 0 bridgehead atoms. The molecule has 0 atom stereocenters. The number of nitrogen functional groups attached to an aromatic ring is 1. The number of benzene rings is 1. The molecule has 8 heteroatoms. The van der Waals surface area contributed by atoms with Crippen molar-refractivity contribution in [3.8, 4) is 28.5 Å². The SMILES string of the molecule is N#Cc1c(N)nc2c(c1-c1cn[nH]c1-c1ccc(Cl)cc1)CN(C(=O)C1CC1)CC2. The maximum absolute atomic E-state index is 12.7. The number of hydrogen-bond donors (Lipinski definition) is 2. The maximum atomic E-state index is 12.7. The van der Waals surface area contributed by atoms with Gasteiger partial charge in [0.2, 0.25) is 5.91 Å². The number of amides is 1. The van der Waals surface area contributed by atoms with E-state index >= 15 is 0 Å². The van der Waals surface area contributed by atoms with Crippen LogP contribution < -0.4 is 5.73 Å². The first-order valence-corrected chi connectivity index (χ1v) is 10.2. The van der Waals surface area contributed by atoms with Crippen molar-refractivity contribution in [2.24, 2.45) is 5.92 Å². The Bertz CT molecular complexity index is 1190. The number of aromatic nitrogens is 3. The topological polar surface area (TPSA) is 112 Å². The van der Waals surface area contributed by atoms with Crippen molar-refractivity contribution >= 4 is 23.3 Å². The molecule has 3 N–H and O–H groups in total. The summed E-state index contributed by atoms with van der Waals surface area (Å²) < 4.78 is 0. The lowest BCUT2D eigenvalue weighted by atomic mass is 9.90. The van der Waals surface area contributed by atoms with Crippen LogP contribution in [0, 0.1) is 17.2 Å². The van der Waals surface area contributed by atoms with Gasteiger partial charge in [0.25, 0.3) is 0 Å². The van der Waals surface area contributed by atoms with Crippen LogP contribution >= 0.6 is 11.6 Å². The number of halogens is 1. The highest BCUT2D eigenvalue weighted by atomic mass is 35.5. The Morgan fingerprint density at radius 3 is 2.77 bits per heavy atom. The van der Waals surface area contributed by atoms with Crippen LogP contribution in [0.15, 0.2) is 30.5 Å². The first-order valence-electron chi connectivity index (χ1n) is 9.86. The van der Waals surface area contributed by atoms with E-state index in [0.717, 1.165) is 40.9 Å². The fraction of sp³-hybridized carbons (Fsp3) is 0.273. The van der Waals surface area contributed by atoms with Crippen LogP contribution in [-0.2, 0) is 17.8 Å². The molecule has 30 heavy (non-hydrogen) atoms. The molecule has 1 amide bonds. The first-order chi connectivity index (χ1) is 14.6. The number of nitrogens with two attached hydrogens (primary N) is 1. The standard InChI is InChI=1S/C22H19ClN6O/c23-14-5-3-12(4-6-14)20-16(10-26-28-20)19-15(9-24)21(25)27-18-7-8-29(11-17(18)19)22(30)13-1-2-13/h3-6,10,13H,1-2,7-8,11H2,(H2,25,27)(H,26,28). The number of nitrogens with one attached hydrogen (secondary N) is 1. The van der Waals surface area contributed by atoms with Gasteiger partial charge in [-0.3, -0.25) is 9.89 Å². The summed E-state index contributed by atoms with van der Waals surface area (Å²) in [5.41, 5.74) is 11.3. The molecule has 0 unspecified atom stereocenters. The molecule has 1 fully saturated rings. The van der Waals surface area contributed by atoms with Crippen molar-refractivity contribution in [1.29, 1.82) is 5.26 Å². The summed E-state index contributed by atoms with van der Waals surface area (Å²) in [5.74, 6) is 0.536. The average Bonchev–Trinajstić information content (AvgIpc) is 3.50. The quantitative estimate of drug-likeness (QED) is 0.675. The highest BCUT2D eigenvalue weighted by Crippen LogP contribution is 2.40. The van der Waals surface area contributed by atoms with Gasteiger partial charge < -0.3 is 10.6 Å². The maximum Gasteiger partial charge on any atom is 0.225 e. The zero-order chi connectivity index (χ0) is 20.8. The van der Waals surface area contributed by atoms with Gasteiger partial charge in [-0.05, 0) is 25.0 Å². The van der Waals surface area contributed by atoms with Crippen LogP contribution in [0.2, 0.25) is 5.02 Å². The third-order valence-corrected chi connectivity index (χ3v) is 6.02. The molecular formula is C22H19ClN6O. The van der Waals surface area contributed by atoms with E-state index in [1.807, 2.05) is 17.0 Å². The summed E-state index contributed by atoms with van der Waals surface area (Å²) in [7, 11) is 0. The molecule has 1 aromatic carbocycles. The number of fused-ring (bicyclic) bond motifs is 1. The molecule has 0 radical (unpaired) electrons. The predicted molar refractivity (Wildman–Crippen MR) is 113 cm³/mol. The van der Waals surface area contributed by atoms with E-state index in [-0.39, 0.29) is 17.6 Å². The van der Waals surface area contributed by atoms with Crippen LogP contribution in [0.3, 0.4) is 0 Å². The fourth-order valence-corrected chi connectivity index (χ4v) is 4.21. The normalized spacial score (nSPS) is 15.5. The smallest absolute Gasteiger partial charge is 0.225 e. The number of rotatable bonds is 3. The zero-order valence-electron chi connectivity index (χ0n) is 16.2. The van der Waals surface area contributed by atoms with Gasteiger partial charge in [0.15, 0.2) is 0 Å². The van der Waals surface area contributed by atoms with Gasteiger partial charge in [0, 0.05) is 52.7 Å². The average molecular weight is 419 g/mol. The van der Waals surface area contributed by atoms with Gasteiger partial charge in [-0.2, -0.15) is 10.4 Å². The summed E-state index contributed by atoms with van der Waals surface area (Å²) in [5, 5.41) is 17.8. The lowest BCUT2D eigenvalue weighted by molar-refractivity contribution is -0.133. The van der Waals surface area contributed by atoms with Crippen LogP contribution in [0.1, 0.15) is 29.7 Å². The molecule has 2 aliphatic rings. The van der Waals surface area contributed by atoms with E-state index in [4.69, 9.17) is 17.3 Å². The molecule has 0 spiro atoms. The first kappa shape index (κ1) is 18.6. The van der Waals surface area contributed by atoms with E-state index in [1.165, 1.54) is 0 Å². The van der Waals surface area contributed by atoms with Crippen molar-refractivity contribution < 1.29 is 4.79 Å². The monoisotopic (exact) mass is 418 g/mol. The molecule has 1 saturated carbocycles. The van der Waals surface area contributed by atoms with E-state index in [0.29, 0.717) is 35.7 Å². The van der Waals surface area contributed by atoms with E-state index in [9.17, 15) is 10.1 Å². The van der Waals surface area contributed by atoms with Crippen LogP contribution in [0.5, 0.6) is 0 Å². The van der Waals surface area contributed by atoms with Gasteiger partial charge >= 0.3 is 0 Å². The number of anilines is 1. The number of aromatic amines is 1. The summed E-state index contributed by atoms with van der Waals surface area (Å²) >= 11 is 6.04. The van der Waals surface area contributed by atoms with Crippen molar-refractivity contribution in [2.75, 3.05) is 12.3 Å². The van der Waals surface area contributed by atoms with Gasteiger partial charge in [0.1, 0.15) is 17.5 Å². The summed E-state index contributed by atoms with van der Waals surface area (Å²) in [4.78, 5) is 19.1. The molecule has 2 aromatic heterocycles. The van der Waals surface area contributed by atoms with Gasteiger partial charge in [-0.25, -0.2) is 4.98 Å². The Hall–Kier alpha value is -3.37. The second kappa shape index (κ2) is 7.15. The number of H-pyrrole nitrogens is 1. The Balaban J connectivity index is 1.67. The Labute approximate surface area is 178 Å². The molecular weight excluding hydrogens is 400 g/mol. The second-order valence-electron chi connectivity index (χ2n) is 7.73. The zero-order valence-corrected chi connectivity index (χ0v) is 16.9. The minimum Gasteiger partial charge on any atom is -0.383 e. The van der Waals surface area contributed by atoms with Crippen molar-refractivity contribution in [3.63, 3.8) is 0 Å². The van der Waals surface area contributed by atoms with E-state index in [2.05, 4.69) is 21.3 Å². The van der Waals surface area contributed by atoms with Gasteiger partial charge in [-0.1, -0.05) is 23.7 Å². The van der Waals surface area contributed by atoms with Crippen molar-refractivity contribution in [2.45, 2.75) is 25.8 Å². The molecule has 5 rings (SSSR count). The van der Waals surface area contributed by atoms with Gasteiger partial charge in [0.05, 0.1) is 17.6 Å². The Kier molecular flexibility index (Phi) is 4.44. The lowest BCUT2D eigenvalue weighted by Gasteiger charge is -2.30. The summed E-state index contributed by atoms with van der Waals surface area (Å²) in [6.07, 6.45) is 4.23. The second-order valence-corrected chi connectivity index (χ2v) is 8.17. The summed E-state index contributed by atoms with van der Waals surface area (Å²) in [6, 6.07) is 9.61. The van der Waals surface area contributed by atoms with Crippen molar-refractivity contribution in [1.82, 2.24) is 20.1 Å². The van der Waals surface area contributed by atoms with Crippen molar-refractivity contribution in [3.05, 3.63) is 52.3 Å². The molecule has 3 aromatic rings. The van der Waals surface area contributed by atoms with Gasteiger partial charge in [-0.15, -0.1) is 0 Å². The van der Waals surface area contributed by atoms with E-state index < -0.39 is 0 Å². The number of carbonyl (C=O) groups excluding carboxylic acids is 1. The lowest BCUT2D eigenvalue weighted by Crippen LogP contribution is -2.37. The molecule has 150 valence electrons. The molecule has 7 nitrogen and oxygen atoms in total. The molecule has 3 heterocycles. The third-order valence-electron chi connectivity index (χ3n) is 5.77. The van der Waals surface area contributed by atoms with Crippen LogP contribution in [0.4, 0.5) is 5.82 Å². The third kappa shape index (κ3) is 3.10.